The molecule has 1 amide bonds. The molecule has 0 unspecified atom stereocenters. The van der Waals surface area contributed by atoms with E-state index in [0.717, 1.165) is 5.56 Å². The molecular formula is C18H19ClN4O3. The summed E-state index contributed by atoms with van der Waals surface area (Å²) in [6, 6.07) is 12.7. The molecule has 2 rings (SSSR count). The molecule has 0 aliphatic rings. The number of aliphatic carboxylic acids is 1. The van der Waals surface area contributed by atoms with Crippen molar-refractivity contribution in [2.45, 2.75) is 19.0 Å². The smallest absolute Gasteiger partial charge is 0.320 e. The van der Waals surface area contributed by atoms with E-state index in [-0.39, 0.29) is 12.4 Å². The van der Waals surface area contributed by atoms with Crippen LogP contribution in [0.2, 0.25) is 5.02 Å². The molecule has 0 bridgehead atoms. The van der Waals surface area contributed by atoms with Crippen LogP contribution in [0, 0.1) is 0 Å². The fourth-order valence-corrected chi connectivity index (χ4v) is 2.37. The Morgan fingerprint density at radius 3 is 2.42 bits per heavy atom. The molecule has 6 N–H and O–H groups in total. The van der Waals surface area contributed by atoms with Crippen LogP contribution in [0.25, 0.3) is 0 Å². The number of benzene rings is 2. The first kappa shape index (κ1) is 19.4. The standard InChI is InChI=1S/C18H19ClN4O3/c19-14-4-2-1-3-13(14)10-22-18(21)23-16(24)12-7-5-11(6-8-12)9-15(20)17(25)26/h1-8,15H,9-10,20H2,(H,25,26)(H3,21,22,23,24)/t15-/m0/s1. The van der Waals surface area contributed by atoms with E-state index in [2.05, 4.69) is 10.3 Å². The monoisotopic (exact) mass is 374 g/mol. The number of hydrogen-bond donors (Lipinski definition) is 4. The van der Waals surface area contributed by atoms with Gasteiger partial charge in [-0.05, 0) is 35.7 Å². The number of carboxylic acid groups (broad SMARTS) is 1. The summed E-state index contributed by atoms with van der Waals surface area (Å²) in [5.41, 5.74) is 13.1. The third-order valence-electron chi connectivity index (χ3n) is 3.61. The Morgan fingerprint density at radius 1 is 1.15 bits per heavy atom. The summed E-state index contributed by atoms with van der Waals surface area (Å²) < 4.78 is 0. The number of carbonyl (C=O) groups is 2. The van der Waals surface area contributed by atoms with E-state index in [9.17, 15) is 9.59 Å². The van der Waals surface area contributed by atoms with E-state index in [1.807, 2.05) is 18.2 Å². The highest BCUT2D eigenvalue weighted by Gasteiger charge is 2.12. The zero-order valence-corrected chi connectivity index (χ0v) is 14.6. The normalized spacial score (nSPS) is 12.5. The van der Waals surface area contributed by atoms with Gasteiger partial charge in [-0.15, -0.1) is 0 Å². The number of hydrogen-bond acceptors (Lipinski definition) is 3. The van der Waals surface area contributed by atoms with Gasteiger partial charge in [0.15, 0.2) is 5.96 Å². The molecule has 2 aromatic carbocycles. The molecule has 26 heavy (non-hydrogen) atoms. The van der Waals surface area contributed by atoms with Crippen LogP contribution in [0.4, 0.5) is 0 Å². The highest BCUT2D eigenvalue weighted by Crippen LogP contribution is 2.14. The van der Waals surface area contributed by atoms with E-state index in [1.165, 1.54) is 0 Å². The number of aliphatic imine (C=N–C) groups is 1. The second-order valence-electron chi connectivity index (χ2n) is 5.59. The Hall–Kier alpha value is -2.90. The molecule has 7 nitrogen and oxygen atoms in total. The molecule has 2 aromatic rings. The van der Waals surface area contributed by atoms with Crippen LogP contribution in [0.15, 0.2) is 53.5 Å². The summed E-state index contributed by atoms with van der Waals surface area (Å²) >= 11 is 6.05. The van der Waals surface area contributed by atoms with Gasteiger partial charge in [0.25, 0.3) is 5.91 Å². The Morgan fingerprint density at radius 2 is 1.81 bits per heavy atom. The Labute approximate surface area is 155 Å². The maximum absolute atomic E-state index is 12.1. The van der Waals surface area contributed by atoms with Crippen molar-refractivity contribution < 1.29 is 14.7 Å². The van der Waals surface area contributed by atoms with E-state index in [4.69, 9.17) is 28.2 Å². The van der Waals surface area contributed by atoms with Crippen molar-refractivity contribution in [3.8, 4) is 0 Å². The largest absolute Gasteiger partial charge is 0.480 e. The van der Waals surface area contributed by atoms with Crippen LogP contribution >= 0.6 is 11.6 Å². The summed E-state index contributed by atoms with van der Waals surface area (Å²) in [4.78, 5) is 26.7. The summed E-state index contributed by atoms with van der Waals surface area (Å²) in [5.74, 6) is -1.61. The molecule has 0 saturated carbocycles. The molecule has 0 saturated heterocycles. The minimum Gasteiger partial charge on any atom is -0.480 e. The molecule has 0 spiro atoms. The number of nitrogens with two attached hydrogens (primary N) is 2. The molecular weight excluding hydrogens is 356 g/mol. The number of halogens is 1. The van der Waals surface area contributed by atoms with Crippen LogP contribution < -0.4 is 16.8 Å². The van der Waals surface area contributed by atoms with Gasteiger partial charge in [-0.25, -0.2) is 0 Å². The molecule has 1 atom stereocenters. The second-order valence-corrected chi connectivity index (χ2v) is 6.00. The van der Waals surface area contributed by atoms with Gasteiger partial charge < -0.3 is 21.9 Å². The number of carbonyl (C=O) groups excluding carboxylic acids is 1. The lowest BCUT2D eigenvalue weighted by Crippen LogP contribution is -2.32. The van der Waals surface area contributed by atoms with Gasteiger partial charge in [0, 0.05) is 17.1 Å². The number of guanidine groups is 1. The number of amides is 1. The van der Waals surface area contributed by atoms with Gasteiger partial charge in [-0.1, -0.05) is 41.9 Å². The number of nitrogens with one attached hydrogen (secondary N) is 1. The molecule has 136 valence electrons. The predicted molar refractivity (Wildman–Crippen MR) is 100 cm³/mol. The van der Waals surface area contributed by atoms with E-state index >= 15 is 0 Å². The average Bonchev–Trinajstić information content (AvgIpc) is 2.61. The highest BCUT2D eigenvalue weighted by atomic mass is 35.5. The Bertz CT molecular complexity index is 821. The van der Waals surface area contributed by atoms with Gasteiger partial charge in [0.1, 0.15) is 6.04 Å². The summed E-state index contributed by atoms with van der Waals surface area (Å²) in [5, 5.41) is 12.2. The molecule has 0 aliphatic heterocycles. The van der Waals surface area contributed by atoms with Crippen molar-refractivity contribution in [1.29, 1.82) is 0 Å². The van der Waals surface area contributed by atoms with Crippen molar-refractivity contribution >= 4 is 29.4 Å². The van der Waals surface area contributed by atoms with Crippen molar-refractivity contribution in [2.75, 3.05) is 0 Å². The molecule has 0 heterocycles. The SMILES string of the molecule is N/C(=N\C(=O)c1ccc(C[C@H](N)C(=O)O)cc1)NCc1ccccc1Cl. The third-order valence-corrected chi connectivity index (χ3v) is 3.98. The van der Waals surface area contributed by atoms with E-state index in [1.54, 1.807) is 30.3 Å². The van der Waals surface area contributed by atoms with Crippen LogP contribution in [0.3, 0.4) is 0 Å². The van der Waals surface area contributed by atoms with Crippen LogP contribution in [-0.4, -0.2) is 29.0 Å². The van der Waals surface area contributed by atoms with Crippen molar-refractivity contribution in [3.05, 3.63) is 70.2 Å². The van der Waals surface area contributed by atoms with Crippen molar-refractivity contribution in [1.82, 2.24) is 5.32 Å². The van der Waals surface area contributed by atoms with Gasteiger partial charge in [0.05, 0.1) is 0 Å². The van der Waals surface area contributed by atoms with Crippen molar-refractivity contribution in [2.24, 2.45) is 16.5 Å². The first-order valence-electron chi connectivity index (χ1n) is 7.80. The number of carboxylic acids is 1. The van der Waals surface area contributed by atoms with Gasteiger partial charge in [0.2, 0.25) is 0 Å². The Kier molecular flexibility index (Phi) is 6.71. The first-order valence-corrected chi connectivity index (χ1v) is 8.17. The van der Waals surface area contributed by atoms with Crippen LogP contribution in [0.5, 0.6) is 0 Å². The van der Waals surface area contributed by atoms with Gasteiger partial charge in [-0.2, -0.15) is 4.99 Å². The van der Waals surface area contributed by atoms with Crippen LogP contribution in [-0.2, 0) is 17.8 Å². The number of rotatable bonds is 6. The zero-order chi connectivity index (χ0) is 19.1. The van der Waals surface area contributed by atoms with Gasteiger partial charge >= 0.3 is 5.97 Å². The second kappa shape index (κ2) is 8.98. The molecule has 0 fully saturated rings. The maximum Gasteiger partial charge on any atom is 0.320 e. The molecule has 0 radical (unpaired) electrons. The number of nitrogens with zero attached hydrogens (tertiary/aromatic N) is 1. The predicted octanol–water partition coefficient (Wildman–Crippen LogP) is 1.54. The first-order chi connectivity index (χ1) is 12.4. The van der Waals surface area contributed by atoms with E-state index in [0.29, 0.717) is 22.7 Å². The summed E-state index contributed by atoms with van der Waals surface area (Å²) in [6.07, 6.45) is 0.175. The van der Waals surface area contributed by atoms with E-state index < -0.39 is 17.9 Å². The average molecular weight is 375 g/mol. The fourth-order valence-electron chi connectivity index (χ4n) is 2.17. The fraction of sp³-hybridized carbons (Fsp3) is 0.167. The molecule has 0 aliphatic carbocycles. The highest BCUT2D eigenvalue weighted by molar-refractivity contribution is 6.31. The van der Waals surface area contributed by atoms with Crippen molar-refractivity contribution in [3.63, 3.8) is 0 Å². The quantitative estimate of drug-likeness (QED) is 0.448. The summed E-state index contributed by atoms with van der Waals surface area (Å²) in [6.45, 7) is 0.342. The Balaban J connectivity index is 1.96. The third kappa shape index (κ3) is 5.58. The minimum atomic E-state index is -1.08. The van der Waals surface area contributed by atoms with Gasteiger partial charge in [-0.3, -0.25) is 9.59 Å². The molecule has 0 aromatic heterocycles. The topological polar surface area (TPSA) is 131 Å². The van der Waals surface area contributed by atoms with Crippen LogP contribution in [0.1, 0.15) is 21.5 Å². The lowest BCUT2D eigenvalue weighted by atomic mass is 10.0. The lowest BCUT2D eigenvalue weighted by molar-refractivity contribution is -0.138. The lowest BCUT2D eigenvalue weighted by Gasteiger charge is -2.08. The minimum absolute atomic E-state index is 0.0214. The zero-order valence-electron chi connectivity index (χ0n) is 13.9. The maximum atomic E-state index is 12.1. The molecule has 8 heteroatoms. The summed E-state index contributed by atoms with van der Waals surface area (Å²) in [7, 11) is 0.